The molecular formula is C18H17N3O2. The summed E-state index contributed by atoms with van der Waals surface area (Å²) in [5.41, 5.74) is 1.52. The van der Waals surface area contributed by atoms with Crippen molar-refractivity contribution in [3.63, 3.8) is 0 Å². The van der Waals surface area contributed by atoms with Gasteiger partial charge in [0, 0.05) is 11.9 Å². The number of rotatable bonds is 5. The minimum Gasteiger partial charge on any atom is -0.355 e. The van der Waals surface area contributed by atoms with Crippen LogP contribution in [0.2, 0.25) is 0 Å². The zero-order chi connectivity index (χ0) is 16.1. The molecule has 0 unspecified atom stereocenters. The van der Waals surface area contributed by atoms with Gasteiger partial charge in [0.1, 0.15) is 0 Å². The number of H-pyrrole nitrogens is 1. The molecule has 2 N–H and O–H groups in total. The van der Waals surface area contributed by atoms with E-state index in [-0.39, 0.29) is 17.9 Å². The molecule has 1 aromatic heterocycles. The van der Waals surface area contributed by atoms with Gasteiger partial charge in [-0.1, -0.05) is 48.5 Å². The average molecular weight is 307 g/mol. The molecule has 1 amide bonds. The molecule has 0 saturated carbocycles. The smallest absolute Gasteiger partial charge is 0.272 e. The zero-order valence-electron chi connectivity index (χ0n) is 12.6. The van der Waals surface area contributed by atoms with Gasteiger partial charge in [-0.25, -0.2) is 5.10 Å². The summed E-state index contributed by atoms with van der Waals surface area (Å²) < 4.78 is 0. The second-order valence-corrected chi connectivity index (χ2v) is 5.31. The number of hydrogen-bond acceptors (Lipinski definition) is 3. The summed E-state index contributed by atoms with van der Waals surface area (Å²) in [6.07, 6.45) is 0.929. The van der Waals surface area contributed by atoms with Gasteiger partial charge in [0.25, 0.3) is 5.56 Å². The fourth-order valence-corrected chi connectivity index (χ4v) is 2.51. The maximum atomic E-state index is 12.1. The van der Waals surface area contributed by atoms with Gasteiger partial charge in [-0.05, 0) is 18.1 Å². The lowest BCUT2D eigenvalue weighted by Gasteiger charge is -2.07. The fourth-order valence-electron chi connectivity index (χ4n) is 2.51. The number of fused-ring (bicyclic) bond motifs is 1. The van der Waals surface area contributed by atoms with Crippen LogP contribution < -0.4 is 10.9 Å². The highest BCUT2D eigenvalue weighted by Crippen LogP contribution is 2.12. The summed E-state index contributed by atoms with van der Waals surface area (Å²) in [5.74, 6) is -0.106. The Bertz CT molecular complexity index is 872. The number of nitrogens with zero attached hydrogens (tertiary/aromatic N) is 1. The highest BCUT2D eigenvalue weighted by atomic mass is 16.1. The lowest BCUT2D eigenvalue weighted by atomic mass is 10.1. The number of nitrogens with one attached hydrogen (secondary N) is 2. The van der Waals surface area contributed by atoms with E-state index in [0.29, 0.717) is 17.6 Å². The average Bonchev–Trinajstić information content (AvgIpc) is 2.59. The molecule has 0 spiro atoms. The van der Waals surface area contributed by atoms with E-state index in [0.717, 1.165) is 11.8 Å². The van der Waals surface area contributed by atoms with Crippen LogP contribution in [-0.4, -0.2) is 22.6 Å². The molecule has 5 nitrogen and oxygen atoms in total. The van der Waals surface area contributed by atoms with Crippen LogP contribution in [0.3, 0.4) is 0 Å². The van der Waals surface area contributed by atoms with Gasteiger partial charge in [0.15, 0.2) is 0 Å². The summed E-state index contributed by atoms with van der Waals surface area (Å²) in [6.45, 7) is 0.574. The maximum Gasteiger partial charge on any atom is 0.272 e. The van der Waals surface area contributed by atoms with E-state index in [1.54, 1.807) is 12.1 Å². The highest BCUT2D eigenvalue weighted by Gasteiger charge is 2.10. The molecule has 0 saturated heterocycles. The monoisotopic (exact) mass is 307 g/mol. The molecular weight excluding hydrogens is 290 g/mol. The first-order valence-electron chi connectivity index (χ1n) is 7.51. The first-order chi connectivity index (χ1) is 11.2. The largest absolute Gasteiger partial charge is 0.355 e. The molecule has 5 heteroatoms. The molecule has 116 valence electrons. The highest BCUT2D eigenvalue weighted by molar-refractivity contribution is 5.88. The van der Waals surface area contributed by atoms with Crippen molar-refractivity contribution < 1.29 is 4.79 Å². The summed E-state index contributed by atoms with van der Waals surface area (Å²) in [6, 6.07) is 17.2. The Morgan fingerprint density at radius 2 is 1.70 bits per heavy atom. The summed E-state index contributed by atoms with van der Waals surface area (Å²) in [5, 5.41) is 10.6. The first kappa shape index (κ1) is 15.0. The van der Waals surface area contributed by atoms with E-state index in [9.17, 15) is 9.59 Å². The van der Waals surface area contributed by atoms with Crippen LogP contribution in [-0.2, 0) is 17.6 Å². The molecule has 23 heavy (non-hydrogen) atoms. The Morgan fingerprint density at radius 3 is 2.48 bits per heavy atom. The van der Waals surface area contributed by atoms with Crippen molar-refractivity contribution in [1.82, 2.24) is 15.5 Å². The van der Waals surface area contributed by atoms with Crippen LogP contribution >= 0.6 is 0 Å². The third kappa shape index (κ3) is 3.63. The van der Waals surface area contributed by atoms with Crippen LogP contribution in [0.4, 0.5) is 0 Å². The van der Waals surface area contributed by atoms with E-state index in [2.05, 4.69) is 15.5 Å². The summed E-state index contributed by atoms with van der Waals surface area (Å²) in [4.78, 5) is 23.8. The molecule has 0 aliphatic heterocycles. The van der Waals surface area contributed by atoms with Crippen molar-refractivity contribution in [2.75, 3.05) is 6.54 Å². The fraction of sp³-hybridized carbons (Fsp3) is 0.167. The van der Waals surface area contributed by atoms with Gasteiger partial charge in [-0.15, -0.1) is 0 Å². The summed E-state index contributed by atoms with van der Waals surface area (Å²) >= 11 is 0. The quantitative estimate of drug-likeness (QED) is 0.755. The van der Waals surface area contributed by atoms with Crippen LogP contribution in [0.1, 0.15) is 11.3 Å². The number of carbonyl (C=O) groups excluding carboxylic acids is 1. The minimum atomic E-state index is -0.242. The van der Waals surface area contributed by atoms with Crippen molar-refractivity contribution in [2.45, 2.75) is 12.8 Å². The Morgan fingerprint density at radius 1 is 1.00 bits per heavy atom. The lowest BCUT2D eigenvalue weighted by molar-refractivity contribution is -0.120. The Kier molecular flexibility index (Phi) is 4.47. The molecule has 2 aromatic carbocycles. The van der Waals surface area contributed by atoms with Gasteiger partial charge >= 0.3 is 0 Å². The SMILES string of the molecule is O=C(Cc1n[nH]c(=O)c2ccccc12)NCCc1ccccc1. The van der Waals surface area contributed by atoms with Gasteiger partial charge in [0.05, 0.1) is 17.5 Å². The molecule has 0 atom stereocenters. The van der Waals surface area contributed by atoms with Gasteiger partial charge in [0.2, 0.25) is 5.91 Å². The van der Waals surface area contributed by atoms with Gasteiger partial charge < -0.3 is 5.32 Å². The topological polar surface area (TPSA) is 74.8 Å². The van der Waals surface area contributed by atoms with Crippen LogP contribution in [0.5, 0.6) is 0 Å². The standard InChI is InChI=1S/C18H17N3O2/c22-17(19-11-10-13-6-2-1-3-7-13)12-16-14-8-4-5-9-15(14)18(23)21-20-16/h1-9H,10-12H2,(H,19,22)(H,21,23). The van der Waals surface area contributed by atoms with E-state index >= 15 is 0 Å². The van der Waals surface area contributed by atoms with Crippen molar-refractivity contribution in [3.05, 3.63) is 76.2 Å². The molecule has 3 rings (SSSR count). The first-order valence-corrected chi connectivity index (χ1v) is 7.51. The van der Waals surface area contributed by atoms with Crippen LogP contribution in [0, 0.1) is 0 Å². The Hall–Kier alpha value is -2.95. The maximum absolute atomic E-state index is 12.1. The van der Waals surface area contributed by atoms with Crippen molar-refractivity contribution >= 4 is 16.7 Å². The summed E-state index contributed by atoms with van der Waals surface area (Å²) in [7, 11) is 0. The van der Waals surface area contributed by atoms with Crippen LogP contribution in [0.25, 0.3) is 10.8 Å². The molecule has 0 aliphatic carbocycles. The zero-order valence-corrected chi connectivity index (χ0v) is 12.6. The predicted octanol–water partition coefficient (Wildman–Crippen LogP) is 1.82. The molecule has 3 aromatic rings. The second kappa shape index (κ2) is 6.87. The normalized spacial score (nSPS) is 10.6. The molecule has 0 fully saturated rings. The van der Waals surface area contributed by atoms with Crippen LogP contribution in [0.15, 0.2) is 59.4 Å². The predicted molar refractivity (Wildman–Crippen MR) is 89.2 cm³/mol. The van der Waals surface area contributed by atoms with Gasteiger partial charge in [-0.3, -0.25) is 9.59 Å². The van der Waals surface area contributed by atoms with E-state index < -0.39 is 0 Å². The lowest BCUT2D eigenvalue weighted by Crippen LogP contribution is -2.28. The van der Waals surface area contributed by atoms with E-state index in [1.165, 1.54) is 5.56 Å². The van der Waals surface area contributed by atoms with E-state index in [1.807, 2.05) is 42.5 Å². The van der Waals surface area contributed by atoms with Gasteiger partial charge in [-0.2, -0.15) is 5.10 Å². The molecule has 0 bridgehead atoms. The van der Waals surface area contributed by atoms with Crippen molar-refractivity contribution in [2.24, 2.45) is 0 Å². The third-order valence-electron chi connectivity index (χ3n) is 3.68. The third-order valence-corrected chi connectivity index (χ3v) is 3.68. The number of carbonyl (C=O) groups is 1. The van der Waals surface area contributed by atoms with Crippen molar-refractivity contribution in [1.29, 1.82) is 0 Å². The number of benzene rings is 2. The Balaban J connectivity index is 1.64. The van der Waals surface area contributed by atoms with E-state index in [4.69, 9.17) is 0 Å². The molecule has 0 aliphatic rings. The molecule has 1 heterocycles. The number of amides is 1. The second-order valence-electron chi connectivity index (χ2n) is 5.31. The number of aromatic nitrogens is 2. The Labute approximate surface area is 133 Å². The van der Waals surface area contributed by atoms with Crippen molar-refractivity contribution in [3.8, 4) is 0 Å². The molecule has 0 radical (unpaired) electrons. The number of hydrogen-bond donors (Lipinski definition) is 2. The minimum absolute atomic E-state index is 0.106. The number of aromatic amines is 1.